The van der Waals surface area contributed by atoms with E-state index in [9.17, 15) is 0 Å². The molecule has 4 rings (SSSR count). The van der Waals surface area contributed by atoms with E-state index in [1.54, 1.807) is 0 Å². The lowest BCUT2D eigenvalue weighted by atomic mass is 10.0. The lowest BCUT2D eigenvalue weighted by Gasteiger charge is -2.18. The third-order valence-electron chi connectivity index (χ3n) is 5.45. The first-order valence-electron chi connectivity index (χ1n) is 9.75. The number of para-hydroxylation sites is 2. The van der Waals surface area contributed by atoms with E-state index in [0.717, 1.165) is 60.6 Å². The first-order chi connectivity index (χ1) is 13.5. The molecule has 0 spiro atoms. The Morgan fingerprint density at radius 3 is 1.21 bits per heavy atom. The van der Waals surface area contributed by atoms with Gasteiger partial charge in [0.1, 0.15) is 0 Å². The van der Waals surface area contributed by atoms with Gasteiger partial charge in [0, 0.05) is 65.5 Å². The largest absolute Gasteiger partial charge is 0.344 e. The Balaban J connectivity index is 1.80. The molecule has 2 fully saturated rings. The molecule has 0 saturated carbocycles. The molecule has 0 amide bonds. The monoisotopic (exact) mass is 376 g/mol. The molecule has 2 aromatic carbocycles. The summed E-state index contributed by atoms with van der Waals surface area (Å²) in [6.07, 6.45) is 0. The van der Waals surface area contributed by atoms with Crippen LogP contribution in [0.25, 0.3) is 11.1 Å². The van der Waals surface area contributed by atoms with Gasteiger partial charge in [-0.15, -0.1) is 0 Å². The smallest absolute Gasteiger partial charge is 0.201 e. The second-order valence-electron chi connectivity index (χ2n) is 7.54. The Bertz CT molecular complexity index is 819. The van der Waals surface area contributed by atoms with E-state index in [4.69, 9.17) is 9.98 Å². The maximum atomic E-state index is 5.00. The summed E-state index contributed by atoms with van der Waals surface area (Å²) in [5.41, 5.74) is 4.15. The molecule has 0 bridgehead atoms. The van der Waals surface area contributed by atoms with E-state index < -0.39 is 0 Å². The molecular formula is C22H28N6. The molecule has 6 nitrogen and oxygen atoms in total. The zero-order valence-corrected chi connectivity index (χ0v) is 17.1. The quantitative estimate of drug-likeness (QED) is 0.825. The zero-order chi connectivity index (χ0) is 19.7. The fraction of sp³-hybridized carbons (Fsp3) is 0.364. The lowest BCUT2D eigenvalue weighted by molar-refractivity contribution is 0.553. The van der Waals surface area contributed by atoms with Crippen molar-refractivity contribution in [1.82, 2.24) is 19.6 Å². The van der Waals surface area contributed by atoms with E-state index in [0.29, 0.717) is 0 Å². The van der Waals surface area contributed by atoms with Gasteiger partial charge < -0.3 is 19.6 Å². The molecule has 0 radical (unpaired) electrons. The Morgan fingerprint density at radius 1 is 0.536 bits per heavy atom. The van der Waals surface area contributed by atoms with Gasteiger partial charge in [0.05, 0.1) is 11.4 Å². The Hall–Kier alpha value is -3.02. The van der Waals surface area contributed by atoms with Crippen molar-refractivity contribution >= 4 is 23.3 Å². The number of guanidine groups is 2. The molecule has 2 aromatic rings. The lowest BCUT2D eigenvalue weighted by Crippen LogP contribution is -2.28. The third-order valence-corrected chi connectivity index (χ3v) is 5.45. The van der Waals surface area contributed by atoms with E-state index >= 15 is 0 Å². The van der Waals surface area contributed by atoms with E-state index in [2.05, 4.69) is 84.2 Å². The normalized spacial score (nSPS) is 17.0. The number of benzene rings is 2. The summed E-state index contributed by atoms with van der Waals surface area (Å²) in [7, 11) is 8.38. The molecular weight excluding hydrogens is 348 g/mol. The zero-order valence-electron chi connectivity index (χ0n) is 17.1. The molecule has 0 unspecified atom stereocenters. The summed E-state index contributed by atoms with van der Waals surface area (Å²) in [5, 5.41) is 0. The second kappa shape index (κ2) is 7.54. The first kappa shape index (κ1) is 18.3. The van der Waals surface area contributed by atoms with Crippen molar-refractivity contribution in [3.8, 4) is 11.1 Å². The van der Waals surface area contributed by atoms with Gasteiger partial charge in [-0.3, -0.25) is 0 Å². The molecule has 28 heavy (non-hydrogen) atoms. The molecule has 2 aliphatic rings. The number of aliphatic imine (C=N–C) groups is 2. The van der Waals surface area contributed by atoms with Crippen LogP contribution in [0.2, 0.25) is 0 Å². The van der Waals surface area contributed by atoms with Crippen molar-refractivity contribution in [3.63, 3.8) is 0 Å². The van der Waals surface area contributed by atoms with Gasteiger partial charge in [-0.2, -0.15) is 0 Å². The number of likely N-dealkylation sites (N-methyl/N-ethyl adjacent to an activating group) is 4. The molecule has 6 heteroatoms. The van der Waals surface area contributed by atoms with Gasteiger partial charge in [-0.05, 0) is 12.1 Å². The predicted molar refractivity (Wildman–Crippen MR) is 117 cm³/mol. The van der Waals surface area contributed by atoms with Crippen LogP contribution in [0.15, 0.2) is 58.5 Å². The SMILES string of the molecule is CN1CCN(C)C1=Nc1ccccc1-c1ccccc1N=C1N(C)CCN1C. The second-order valence-corrected chi connectivity index (χ2v) is 7.54. The van der Waals surface area contributed by atoms with Crippen LogP contribution in [-0.2, 0) is 0 Å². The van der Waals surface area contributed by atoms with E-state index in [1.165, 1.54) is 0 Å². The fourth-order valence-electron chi connectivity index (χ4n) is 3.74. The molecule has 2 heterocycles. The molecule has 0 atom stereocenters. The minimum absolute atomic E-state index is 0.971. The van der Waals surface area contributed by atoms with Crippen LogP contribution in [0.5, 0.6) is 0 Å². The van der Waals surface area contributed by atoms with Crippen molar-refractivity contribution < 1.29 is 0 Å². The molecule has 0 aliphatic carbocycles. The van der Waals surface area contributed by atoms with Crippen LogP contribution in [0, 0.1) is 0 Å². The highest BCUT2D eigenvalue weighted by molar-refractivity contribution is 5.92. The first-order valence-corrected chi connectivity index (χ1v) is 9.75. The van der Waals surface area contributed by atoms with Gasteiger partial charge in [-0.1, -0.05) is 36.4 Å². The average Bonchev–Trinajstić information content (AvgIpc) is 3.19. The molecule has 2 saturated heterocycles. The third kappa shape index (κ3) is 3.42. The summed E-state index contributed by atoms with van der Waals surface area (Å²) in [5.74, 6) is 2.01. The highest BCUT2D eigenvalue weighted by atomic mass is 15.4. The van der Waals surface area contributed by atoms with Crippen LogP contribution in [-0.4, -0.2) is 85.9 Å². The van der Waals surface area contributed by atoms with Gasteiger partial charge in [0.25, 0.3) is 0 Å². The van der Waals surface area contributed by atoms with E-state index in [-0.39, 0.29) is 0 Å². The summed E-state index contributed by atoms with van der Waals surface area (Å²) in [4.78, 5) is 18.8. The van der Waals surface area contributed by atoms with Crippen molar-refractivity contribution in [2.45, 2.75) is 0 Å². The summed E-state index contributed by atoms with van der Waals surface area (Å²) in [6, 6.07) is 16.7. The van der Waals surface area contributed by atoms with Crippen LogP contribution in [0.3, 0.4) is 0 Å². The highest BCUT2D eigenvalue weighted by Gasteiger charge is 2.22. The topological polar surface area (TPSA) is 37.7 Å². The maximum Gasteiger partial charge on any atom is 0.201 e. The number of rotatable bonds is 3. The molecule has 0 aromatic heterocycles. The minimum atomic E-state index is 0.971. The molecule has 2 aliphatic heterocycles. The summed E-state index contributed by atoms with van der Waals surface area (Å²) in [6.45, 7) is 4.00. The molecule has 146 valence electrons. The van der Waals surface area contributed by atoms with Crippen molar-refractivity contribution in [1.29, 1.82) is 0 Å². The number of hydrogen-bond acceptors (Lipinski definition) is 2. The van der Waals surface area contributed by atoms with Crippen molar-refractivity contribution in [3.05, 3.63) is 48.5 Å². The minimum Gasteiger partial charge on any atom is -0.344 e. The predicted octanol–water partition coefficient (Wildman–Crippen LogP) is 3.08. The van der Waals surface area contributed by atoms with Crippen LogP contribution in [0.4, 0.5) is 11.4 Å². The van der Waals surface area contributed by atoms with Crippen molar-refractivity contribution in [2.24, 2.45) is 9.98 Å². The van der Waals surface area contributed by atoms with Gasteiger partial charge in [0.15, 0.2) is 0 Å². The Morgan fingerprint density at radius 2 is 0.857 bits per heavy atom. The van der Waals surface area contributed by atoms with E-state index in [1.807, 2.05) is 12.1 Å². The highest BCUT2D eigenvalue weighted by Crippen LogP contribution is 2.37. The average molecular weight is 377 g/mol. The van der Waals surface area contributed by atoms with Crippen molar-refractivity contribution in [2.75, 3.05) is 54.4 Å². The fourth-order valence-corrected chi connectivity index (χ4v) is 3.74. The van der Waals surface area contributed by atoms with Crippen LogP contribution < -0.4 is 0 Å². The maximum absolute atomic E-state index is 5.00. The number of hydrogen-bond donors (Lipinski definition) is 0. The van der Waals surface area contributed by atoms with Gasteiger partial charge >= 0.3 is 0 Å². The van der Waals surface area contributed by atoms with Crippen LogP contribution >= 0.6 is 0 Å². The molecule has 0 N–H and O–H groups in total. The van der Waals surface area contributed by atoms with Crippen LogP contribution in [0.1, 0.15) is 0 Å². The number of nitrogens with zero attached hydrogens (tertiary/aromatic N) is 6. The Labute approximate surface area is 167 Å². The summed E-state index contributed by atoms with van der Waals surface area (Å²) >= 11 is 0. The summed E-state index contributed by atoms with van der Waals surface area (Å²) < 4.78 is 0. The Kier molecular flexibility index (Phi) is 4.94. The van der Waals surface area contributed by atoms with Gasteiger partial charge in [-0.25, -0.2) is 9.98 Å². The van der Waals surface area contributed by atoms with Gasteiger partial charge in [0.2, 0.25) is 11.9 Å². The standard InChI is InChI=1S/C22H28N6/c1-25-13-14-26(2)21(25)23-19-11-7-5-9-17(19)18-10-6-8-12-20(18)24-22-27(3)15-16-28(22)4/h5-12H,13-16H2,1-4H3.